The monoisotopic (exact) mass is 372 g/mol. The van der Waals surface area contributed by atoms with Crippen molar-refractivity contribution in [2.75, 3.05) is 13.2 Å². The summed E-state index contributed by atoms with van der Waals surface area (Å²) in [5.74, 6) is -1.63. The first-order valence-electron chi connectivity index (χ1n) is 8.32. The zero-order chi connectivity index (χ0) is 20.2. The highest BCUT2D eigenvalue weighted by Gasteiger charge is 2.13. The molecule has 0 saturated heterocycles. The average molecular weight is 372 g/mol. The molecule has 2 rings (SSSR count). The van der Waals surface area contributed by atoms with Gasteiger partial charge in [0.2, 0.25) is 0 Å². The summed E-state index contributed by atoms with van der Waals surface area (Å²) in [6.07, 6.45) is 2.81. The molecule has 2 aromatic rings. The highest BCUT2D eigenvalue weighted by Crippen LogP contribution is 2.09. The number of hydrogen-bond donors (Lipinski definition) is 0. The molecule has 6 heteroatoms. The largest absolute Gasteiger partial charge is 0.458 e. The van der Waals surface area contributed by atoms with Crippen molar-refractivity contribution in [3.63, 3.8) is 0 Å². The van der Waals surface area contributed by atoms with E-state index in [0.717, 1.165) is 0 Å². The maximum absolute atomic E-state index is 11.9. The van der Waals surface area contributed by atoms with E-state index in [1.165, 1.54) is 12.2 Å². The van der Waals surface area contributed by atoms with Gasteiger partial charge in [-0.25, -0.2) is 9.59 Å². The second kappa shape index (κ2) is 10.7. The molecule has 0 amide bonds. The predicted molar refractivity (Wildman–Crippen MR) is 102 cm³/mol. The molecule has 0 spiro atoms. The van der Waals surface area contributed by atoms with Crippen LogP contribution in [0, 0.1) is 22.7 Å². The molecule has 0 aromatic heterocycles. The first-order chi connectivity index (χ1) is 13.6. The fourth-order valence-corrected chi connectivity index (χ4v) is 2.13. The molecule has 0 N–H and O–H groups in total. The van der Waals surface area contributed by atoms with Crippen molar-refractivity contribution < 1.29 is 19.1 Å². The summed E-state index contributed by atoms with van der Waals surface area (Å²) in [6.45, 7) is -0.467. The molecule has 0 radical (unpaired) electrons. The molecule has 138 valence electrons. The van der Waals surface area contributed by atoms with Gasteiger partial charge < -0.3 is 9.47 Å². The van der Waals surface area contributed by atoms with E-state index in [2.05, 4.69) is 0 Å². The molecule has 28 heavy (non-hydrogen) atoms. The van der Waals surface area contributed by atoms with Gasteiger partial charge in [-0.3, -0.25) is 0 Å². The maximum atomic E-state index is 11.9. The highest BCUT2D eigenvalue weighted by molar-refractivity contribution is 5.98. The molecule has 0 atom stereocenters. The van der Waals surface area contributed by atoms with Gasteiger partial charge in [0, 0.05) is 0 Å². The van der Waals surface area contributed by atoms with Crippen LogP contribution in [0.4, 0.5) is 0 Å². The molecule has 0 aliphatic rings. The van der Waals surface area contributed by atoms with Crippen molar-refractivity contribution in [1.29, 1.82) is 10.5 Å². The first kappa shape index (κ1) is 20.2. The Morgan fingerprint density at radius 1 is 0.714 bits per heavy atom. The Hall–Kier alpha value is -4.16. The lowest BCUT2D eigenvalue weighted by Gasteiger charge is -2.05. The number of hydrogen-bond acceptors (Lipinski definition) is 6. The van der Waals surface area contributed by atoms with Crippen LogP contribution in [-0.2, 0) is 19.1 Å². The number of rotatable bonds is 7. The van der Waals surface area contributed by atoms with E-state index < -0.39 is 11.9 Å². The Balaban J connectivity index is 1.86. The van der Waals surface area contributed by atoms with Gasteiger partial charge in [-0.2, -0.15) is 10.5 Å². The van der Waals surface area contributed by atoms with Crippen LogP contribution in [0.5, 0.6) is 0 Å². The first-order valence-corrected chi connectivity index (χ1v) is 8.32. The van der Waals surface area contributed by atoms with Crippen molar-refractivity contribution in [2.24, 2.45) is 0 Å². The Morgan fingerprint density at radius 3 is 1.39 bits per heavy atom. The van der Waals surface area contributed by atoms with Crippen LogP contribution in [0.2, 0.25) is 0 Å². The van der Waals surface area contributed by atoms with Crippen molar-refractivity contribution in [1.82, 2.24) is 0 Å². The molecule has 0 aliphatic carbocycles. The van der Waals surface area contributed by atoms with Crippen molar-refractivity contribution in [2.45, 2.75) is 0 Å². The van der Waals surface area contributed by atoms with Crippen LogP contribution in [0.25, 0.3) is 12.2 Å². The Labute approximate surface area is 162 Å². The molecular formula is C22H16N2O4. The number of benzene rings is 2. The third kappa shape index (κ3) is 6.29. The summed E-state index contributed by atoms with van der Waals surface area (Å²) in [6, 6.07) is 21.3. The smallest absolute Gasteiger partial charge is 0.349 e. The molecule has 0 heterocycles. The fourth-order valence-electron chi connectivity index (χ4n) is 2.13. The summed E-state index contributed by atoms with van der Waals surface area (Å²) in [5.41, 5.74) is 1.04. The van der Waals surface area contributed by atoms with Gasteiger partial charge in [0.25, 0.3) is 0 Å². The lowest BCUT2D eigenvalue weighted by atomic mass is 10.1. The SMILES string of the molecule is N#CC(=Cc1ccccc1)C(=O)OCCOC(=O)C(C#N)=Cc1ccccc1. The highest BCUT2D eigenvalue weighted by atomic mass is 16.6. The van der Waals surface area contributed by atoms with Crippen LogP contribution in [0.3, 0.4) is 0 Å². The van der Waals surface area contributed by atoms with E-state index in [0.29, 0.717) is 11.1 Å². The van der Waals surface area contributed by atoms with Gasteiger partial charge in [-0.1, -0.05) is 60.7 Å². The summed E-state index contributed by atoms with van der Waals surface area (Å²) in [5, 5.41) is 18.2. The lowest BCUT2D eigenvalue weighted by Crippen LogP contribution is -2.15. The number of carbonyl (C=O) groups excluding carboxylic acids is 2. The van der Waals surface area contributed by atoms with E-state index in [9.17, 15) is 9.59 Å². The lowest BCUT2D eigenvalue weighted by molar-refractivity contribution is -0.146. The molecule has 0 bridgehead atoms. The normalized spacial score (nSPS) is 11.1. The van der Waals surface area contributed by atoms with Gasteiger partial charge in [-0.15, -0.1) is 0 Å². The summed E-state index contributed by atoms with van der Waals surface area (Å²) < 4.78 is 9.88. The molecule has 0 unspecified atom stereocenters. The number of nitriles is 2. The molecular weight excluding hydrogens is 356 g/mol. The second-order valence-corrected chi connectivity index (χ2v) is 5.43. The van der Waals surface area contributed by atoms with Crippen molar-refractivity contribution in [3.05, 3.63) is 82.9 Å². The van der Waals surface area contributed by atoms with Gasteiger partial charge >= 0.3 is 11.9 Å². The van der Waals surface area contributed by atoms with E-state index >= 15 is 0 Å². The minimum atomic E-state index is -0.817. The van der Waals surface area contributed by atoms with Gasteiger partial charge in [0.05, 0.1) is 0 Å². The topological polar surface area (TPSA) is 100 Å². The van der Waals surface area contributed by atoms with Crippen LogP contribution in [0.1, 0.15) is 11.1 Å². The maximum Gasteiger partial charge on any atom is 0.349 e. The third-order valence-electron chi connectivity index (χ3n) is 3.45. The van der Waals surface area contributed by atoms with E-state index in [1.807, 2.05) is 12.1 Å². The van der Waals surface area contributed by atoms with Crippen molar-refractivity contribution in [3.8, 4) is 12.1 Å². The Kier molecular flexibility index (Phi) is 7.74. The van der Waals surface area contributed by atoms with Crippen LogP contribution < -0.4 is 0 Å². The van der Waals surface area contributed by atoms with Gasteiger partial charge in [0.15, 0.2) is 0 Å². The summed E-state index contributed by atoms with van der Waals surface area (Å²) in [7, 11) is 0. The molecule has 0 fully saturated rings. The predicted octanol–water partition coefficient (Wildman–Crippen LogP) is 3.29. The number of ether oxygens (including phenoxy) is 2. The summed E-state index contributed by atoms with van der Waals surface area (Å²) >= 11 is 0. The molecule has 6 nitrogen and oxygen atoms in total. The van der Waals surface area contributed by atoms with Gasteiger partial charge in [-0.05, 0) is 23.3 Å². The second-order valence-electron chi connectivity index (χ2n) is 5.43. The van der Waals surface area contributed by atoms with Gasteiger partial charge in [0.1, 0.15) is 36.5 Å². The number of nitrogens with zero attached hydrogens (tertiary/aromatic N) is 2. The quantitative estimate of drug-likeness (QED) is 0.320. The molecule has 2 aromatic carbocycles. The van der Waals surface area contributed by atoms with E-state index in [1.54, 1.807) is 60.7 Å². The van der Waals surface area contributed by atoms with Crippen LogP contribution in [-0.4, -0.2) is 25.2 Å². The van der Waals surface area contributed by atoms with E-state index in [-0.39, 0.29) is 24.4 Å². The van der Waals surface area contributed by atoms with Crippen molar-refractivity contribution >= 4 is 24.1 Å². The fraction of sp³-hybridized carbons (Fsp3) is 0.0909. The molecule has 0 saturated carbocycles. The number of esters is 2. The minimum Gasteiger partial charge on any atom is -0.458 e. The van der Waals surface area contributed by atoms with Crippen LogP contribution >= 0.6 is 0 Å². The average Bonchev–Trinajstić information content (AvgIpc) is 2.74. The zero-order valence-corrected chi connectivity index (χ0v) is 14.9. The summed E-state index contributed by atoms with van der Waals surface area (Å²) in [4.78, 5) is 23.9. The standard InChI is InChI=1S/C22H16N2O4/c23-15-19(13-17-7-3-1-4-8-17)21(25)27-11-12-28-22(26)20(16-24)14-18-9-5-2-6-10-18/h1-10,13-14H,11-12H2. The molecule has 0 aliphatic heterocycles. The Bertz CT molecular complexity index is 884. The number of carbonyl (C=O) groups is 2. The van der Waals surface area contributed by atoms with Crippen LogP contribution in [0.15, 0.2) is 71.8 Å². The minimum absolute atomic E-state index is 0.167. The van der Waals surface area contributed by atoms with E-state index in [4.69, 9.17) is 20.0 Å². The zero-order valence-electron chi connectivity index (χ0n) is 14.9. The third-order valence-corrected chi connectivity index (χ3v) is 3.45. The Morgan fingerprint density at radius 2 is 1.07 bits per heavy atom.